The first kappa shape index (κ1) is 26.8. The lowest BCUT2D eigenvalue weighted by molar-refractivity contribution is -0.151. The van der Waals surface area contributed by atoms with Gasteiger partial charge >= 0.3 is 5.97 Å². The number of Topliss-reactive ketones (excluding diaryl/α,β-unsaturated/α-hetero) is 1. The normalized spacial score (nSPS) is 13.8. The lowest BCUT2D eigenvalue weighted by Crippen LogP contribution is -2.50. The lowest BCUT2D eigenvalue weighted by Gasteiger charge is -2.36. The van der Waals surface area contributed by atoms with Crippen LogP contribution >= 0.6 is 0 Å². The molecule has 8 nitrogen and oxygen atoms in total. The number of rotatable bonds is 7. The average molecular weight is 498 g/mol. The van der Waals surface area contributed by atoms with Crippen LogP contribution in [0.1, 0.15) is 54.0 Å². The number of amides is 2. The van der Waals surface area contributed by atoms with E-state index < -0.39 is 24.3 Å². The Morgan fingerprint density at radius 1 is 0.944 bits per heavy atom. The summed E-state index contributed by atoms with van der Waals surface area (Å²) in [6.45, 7) is 8.31. The van der Waals surface area contributed by atoms with Gasteiger partial charge in [-0.3, -0.25) is 19.2 Å². The molecule has 1 aliphatic heterocycles. The molecule has 2 aromatic carbocycles. The Morgan fingerprint density at radius 2 is 1.56 bits per heavy atom. The Morgan fingerprint density at radius 3 is 2.11 bits per heavy atom. The van der Waals surface area contributed by atoms with E-state index in [0.29, 0.717) is 43.0 Å². The van der Waals surface area contributed by atoms with E-state index in [0.717, 1.165) is 5.56 Å². The van der Waals surface area contributed by atoms with Crippen molar-refractivity contribution < 1.29 is 28.3 Å². The number of ether oxygens (including phenoxy) is 1. The monoisotopic (exact) mass is 497 g/mol. The van der Waals surface area contributed by atoms with Gasteiger partial charge in [-0.1, -0.05) is 32.9 Å². The molecule has 0 atom stereocenters. The third kappa shape index (κ3) is 6.90. The predicted octanol–water partition coefficient (Wildman–Crippen LogP) is 2.95. The van der Waals surface area contributed by atoms with Crippen LogP contribution in [-0.4, -0.2) is 67.8 Å². The SMILES string of the molecule is CC(=O)c1ccc(N2CCN(C(=O)COC(=O)CNC(=O)c3ccc(C(C)(C)C)cc3)CC2)c(F)c1. The summed E-state index contributed by atoms with van der Waals surface area (Å²) in [4.78, 5) is 51.5. The second-order valence-corrected chi connectivity index (χ2v) is 9.76. The maximum atomic E-state index is 14.4. The van der Waals surface area contributed by atoms with Crippen molar-refractivity contribution in [1.29, 1.82) is 0 Å². The molecule has 36 heavy (non-hydrogen) atoms. The summed E-state index contributed by atoms with van der Waals surface area (Å²) >= 11 is 0. The highest BCUT2D eigenvalue weighted by Crippen LogP contribution is 2.23. The molecular formula is C27H32FN3O5. The third-order valence-electron chi connectivity index (χ3n) is 6.09. The number of halogens is 1. The highest BCUT2D eigenvalue weighted by atomic mass is 19.1. The Balaban J connectivity index is 1.41. The van der Waals surface area contributed by atoms with Crippen LogP contribution in [0.3, 0.4) is 0 Å². The van der Waals surface area contributed by atoms with Crippen molar-refractivity contribution in [1.82, 2.24) is 10.2 Å². The Hall–Kier alpha value is -3.75. The summed E-state index contributed by atoms with van der Waals surface area (Å²) in [6, 6.07) is 11.5. The molecule has 0 aromatic heterocycles. The smallest absolute Gasteiger partial charge is 0.325 e. The molecule has 9 heteroatoms. The van der Waals surface area contributed by atoms with Crippen molar-refractivity contribution in [2.75, 3.05) is 44.2 Å². The molecule has 0 saturated carbocycles. The molecule has 0 aliphatic carbocycles. The number of hydrogen-bond donors (Lipinski definition) is 1. The summed E-state index contributed by atoms with van der Waals surface area (Å²) in [7, 11) is 0. The minimum atomic E-state index is -0.714. The van der Waals surface area contributed by atoms with Crippen molar-refractivity contribution >= 4 is 29.3 Å². The molecule has 192 valence electrons. The molecule has 1 saturated heterocycles. The minimum Gasteiger partial charge on any atom is -0.454 e. The standard InChI is InChI=1S/C27H32FN3O5/c1-18(32)20-7-10-23(22(28)15-20)30-11-13-31(14-12-30)24(33)17-36-25(34)16-29-26(35)19-5-8-21(9-6-19)27(2,3)4/h5-10,15H,11-14,16-17H2,1-4H3,(H,29,35). The number of nitrogens with one attached hydrogen (secondary N) is 1. The summed E-state index contributed by atoms with van der Waals surface area (Å²) in [6.07, 6.45) is 0. The van der Waals surface area contributed by atoms with E-state index in [4.69, 9.17) is 4.74 Å². The molecule has 0 unspecified atom stereocenters. The zero-order valence-electron chi connectivity index (χ0n) is 21.1. The van der Waals surface area contributed by atoms with Gasteiger partial charge in [0.15, 0.2) is 12.4 Å². The van der Waals surface area contributed by atoms with Crippen molar-refractivity contribution in [3.63, 3.8) is 0 Å². The van der Waals surface area contributed by atoms with Crippen LogP contribution in [0.15, 0.2) is 42.5 Å². The molecule has 1 aliphatic rings. The van der Waals surface area contributed by atoms with Crippen LogP contribution in [-0.2, 0) is 19.7 Å². The highest BCUT2D eigenvalue weighted by Gasteiger charge is 2.24. The molecule has 2 amide bonds. The van der Waals surface area contributed by atoms with Crippen LogP contribution in [0.4, 0.5) is 10.1 Å². The fourth-order valence-corrected chi connectivity index (χ4v) is 3.84. The van der Waals surface area contributed by atoms with Gasteiger partial charge in [-0.05, 0) is 48.2 Å². The number of hydrogen-bond acceptors (Lipinski definition) is 6. The minimum absolute atomic E-state index is 0.0317. The van der Waals surface area contributed by atoms with Gasteiger partial charge in [0.2, 0.25) is 0 Å². The molecule has 1 fully saturated rings. The Bertz CT molecular complexity index is 1130. The van der Waals surface area contributed by atoms with Gasteiger partial charge in [0.05, 0.1) is 5.69 Å². The first-order valence-electron chi connectivity index (χ1n) is 11.8. The second kappa shape index (κ2) is 11.3. The molecule has 0 spiro atoms. The molecule has 1 heterocycles. The van der Waals surface area contributed by atoms with E-state index in [-0.39, 0.29) is 23.7 Å². The van der Waals surface area contributed by atoms with Gasteiger partial charge in [0.1, 0.15) is 12.4 Å². The van der Waals surface area contributed by atoms with Crippen LogP contribution in [0.25, 0.3) is 0 Å². The van der Waals surface area contributed by atoms with Crippen LogP contribution < -0.4 is 10.2 Å². The first-order chi connectivity index (χ1) is 17.0. The molecule has 1 N–H and O–H groups in total. The number of ketones is 1. The van der Waals surface area contributed by atoms with Gasteiger partial charge in [0.25, 0.3) is 11.8 Å². The number of nitrogens with zero attached hydrogens (tertiary/aromatic N) is 2. The van der Waals surface area contributed by atoms with Crippen LogP contribution in [0, 0.1) is 5.82 Å². The predicted molar refractivity (Wildman–Crippen MR) is 134 cm³/mol. The average Bonchev–Trinajstić information content (AvgIpc) is 2.85. The summed E-state index contributed by atoms with van der Waals surface area (Å²) in [5.74, 6) is -2.17. The third-order valence-corrected chi connectivity index (χ3v) is 6.09. The maximum Gasteiger partial charge on any atom is 0.325 e. The van der Waals surface area contributed by atoms with Crippen LogP contribution in [0.5, 0.6) is 0 Å². The number of anilines is 1. The number of carbonyl (C=O) groups is 4. The first-order valence-corrected chi connectivity index (χ1v) is 11.8. The zero-order valence-corrected chi connectivity index (χ0v) is 21.1. The van der Waals surface area contributed by atoms with E-state index in [2.05, 4.69) is 26.1 Å². The maximum absolute atomic E-state index is 14.4. The summed E-state index contributed by atoms with van der Waals surface area (Å²) < 4.78 is 19.4. The fraction of sp³-hybridized carbons (Fsp3) is 0.407. The van der Waals surface area contributed by atoms with E-state index in [1.165, 1.54) is 13.0 Å². The quantitative estimate of drug-likeness (QED) is 0.467. The van der Waals surface area contributed by atoms with E-state index >= 15 is 0 Å². The van der Waals surface area contributed by atoms with Crippen molar-refractivity contribution in [3.8, 4) is 0 Å². The topological polar surface area (TPSA) is 96.0 Å². The van der Waals surface area contributed by atoms with Gasteiger partial charge in [0, 0.05) is 37.3 Å². The van der Waals surface area contributed by atoms with Crippen molar-refractivity contribution in [2.45, 2.75) is 33.1 Å². The van der Waals surface area contributed by atoms with Gasteiger partial charge < -0.3 is 19.9 Å². The largest absolute Gasteiger partial charge is 0.454 e. The van der Waals surface area contributed by atoms with Crippen molar-refractivity contribution in [2.24, 2.45) is 0 Å². The number of esters is 1. The van der Waals surface area contributed by atoms with E-state index in [1.807, 2.05) is 12.1 Å². The van der Waals surface area contributed by atoms with E-state index in [1.54, 1.807) is 34.1 Å². The Labute approximate surface area is 210 Å². The van der Waals surface area contributed by atoms with E-state index in [9.17, 15) is 23.6 Å². The van der Waals surface area contributed by atoms with Gasteiger partial charge in [-0.2, -0.15) is 0 Å². The summed E-state index contributed by atoms with van der Waals surface area (Å²) in [5, 5.41) is 2.50. The van der Waals surface area contributed by atoms with Crippen molar-refractivity contribution in [3.05, 3.63) is 65.0 Å². The summed E-state index contributed by atoms with van der Waals surface area (Å²) in [5.41, 5.74) is 2.17. The molecule has 0 radical (unpaired) electrons. The molecular weight excluding hydrogens is 465 g/mol. The highest BCUT2D eigenvalue weighted by molar-refractivity contribution is 5.96. The lowest BCUT2D eigenvalue weighted by atomic mass is 9.87. The second-order valence-electron chi connectivity index (χ2n) is 9.76. The molecule has 0 bridgehead atoms. The van der Waals surface area contributed by atoms with Gasteiger partial charge in [-0.15, -0.1) is 0 Å². The number of carbonyl (C=O) groups excluding carboxylic acids is 4. The Kier molecular flexibility index (Phi) is 8.45. The number of piperazine rings is 1. The fourth-order valence-electron chi connectivity index (χ4n) is 3.84. The number of benzene rings is 2. The van der Waals surface area contributed by atoms with Crippen LogP contribution in [0.2, 0.25) is 0 Å². The zero-order chi connectivity index (χ0) is 26.5. The molecule has 2 aromatic rings. The van der Waals surface area contributed by atoms with Gasteiger partial charge in [-0.25, -0.2) is 4.39 Å². The molecule has 3 rings (SSSR count).